The molecule has 0 saturated heterocycles. The van der Waals surface area contributed by atoms with E-state index in [-0.39, 0.29) is 23.3 Å². The molecule has 0 atom stereocenters. The van der Waals surface area contributed by atoms with Gasteiger partial charge in [0.15, 0.2) is 0 Å². The van der Waals surface area contributed by atoms with Crippen LogP contribution in [0, 0.1) is 10.1 Å². The number of nitrogens with zero attached hydrogens (tertiary/aromatic N) is 3. The van der Waals surface area contributed by atoms with Crippen LogP contribution in [0.5, 0.6) is 11.6 Å². The number of aromatic nitrogens is 2. The van der Waals surface area contributed by atoms with Gasteiger partial charge in [0.2, 0.25) is 17.6 Å². The molecule has 0 bridgehead atoms. The number of benzene rings is 1. The lowest BCUT2D eigenvalue weighted by Gasteiger charge is -2.09. The first kappa shape index (κ1) is 15.1. The number of rotatable bonds is 5. The molecule has 110 valence electrons. The molecule has 0 radical (unpaired) electrons. The molecule has 9 heteroatoms. The summed E-state index contributed by atoms with van der Waals surface area (Å²) in [5.41, 5.74) is 3.00. The standard InChI is InChI=1S/C12H12BrN5O3/c1-2-7-3-4-10(9(5-7)18(19)20)21-11-8(13)6-15-12(16-11)17-14/h3-6H,2,14H2,1H3,(H,15,16,17). The number of nitro benzene ring substituents is 1. The molecule has 0 fully saturated rings. The van der Waals surface area contributed by atoms with Crippen molar-refractivity contribution in [3.63, 3.8) is 0 Å². The van der Waals surface area contributed by atoms with Crippen molar-refractivity contribution in [2.75, 3.05) is 5.43 Å². The topological polar surface area (TPSA) is 116 Å². The zero-order valence-electron chi connectivity index (χ0n) is 11.0. The van der Waals surface area contributed by atoms with Crippen LogP contribution in [-0.4, -0.2) is 14.9 Å². The number of nitrogen functional groups attached to an aromatic ring is 1. The summed E-state index contributed by atoms with van der Waals surface area (Å²) in [4.78, 5) is 18.5. The molecular formula is C12H12BrN5O3. The summed E-state index contributed by atoms with van der Waals surface area (Å²) in [5.74, 6) is 5.59. The Labute approximate surface area is 128 Å². The lowest BCUT2D eigenvalue weighted by atomic mass is 10.1. The molecule has 2 rings (SSSR count). The van der Waals surface area contributed by atoms with Crippen molar-refractivity contribution in [1.29, 1.82) is 0 Å². The van der Waals surface area contributed by atoms with Gasteiger partial charge in [-0.05, 0) is 34.0 Å². The predicted octanol–water partition coefficient (Wildman–Crippen LogP) is 2.79. The van der Waals surface area contributed by atoms with E-state index < -0.39 is 4.92 Å². The van der Waals surface area contributed by atoms with E-state index in [0.29, 0.717) is 10.9 Å². The SMILES string of the molecule is CCc1ccc(Oc2nc(NN)ncc2Br)c([N+](=O)[O-])c1. The van der Waals surface area contributed by atoms with Gasteiger partial charge >= 0.3 is 5.69 Å². The van der Waals surface area contributed by atoms with Gasteiger partial charge in [-0.25, -0.2) is 10.8 Å². The van der Waals surface area contributed by atoms with Crippen LogP contribution < -0.4 is 16.0 Å². The third kappa shape index (κ3) is 3.44. The molecule has 1 aromatic carbocycles. The van der Waals surface area contributed by atoms with Gasteiger partial charge in [0, 0.05) is 6.07 Å². The van der Waals surface area contributed by atoms with E-state index in [9.17, 15) is 10.1 Å². The third-order valence-electron chi connectivity index (χ3n) is 2.68. The van der Waals surface area contributed by atoms with Crippen LogP contribution in [0.3, 0.4) is 0 Å². The minimum atomic E-state index is -0.494. The van der Waals surface area contributed by atoms with Crippen molar-refractivity contribution in [3.8, 4) is 11.6 Å². The number of halogens is 1. The largest absolute Gasteiger partial charge is 0.430 e. The highest BCUT2D eigenvalue weighted by atomic mass is 79.9. The van der Waals surface area contributed by atoms with E-state index in [1.54, 1.807) is 12.1 Å². The Morgan fingerprint density at radius 2 is 2.29 bits per heavy atom. The van der Waals surface area contributed by atoms with Gasteiger partial charge in [-0.2, -0.15) is 4.98 Å². The first-order chi connectivity index (χ1) is 10.0. The fourth-order valence-electron chi connectivity index (χ4n) is 1.61. The average molecular weight is 354 g/mol. The van der Waals surface area contributed by atoms with Gasteiger partial charge < -0.3 is 4.74 Å². The van der Waals surface area contributed by atoms with Crippen LogP contribution in [0.1, 0.15) is 12.5 Å². The Hall–Kier alpha value is -2.26. The summed E-state index contributed by atoms with van der Waals surface area (Å²) in [5, 5.41) is 11.1. The average Bonchev–Trinajstić information content (AvgIpc) is 2.49. The lowest BCUT2D eigenvalue weighted by molar-refractivity contribution is -0.385. The molecule has 1 heterocycles. The van der Waals surface area contributed by atoms with Crippen molar-refractivity contribution >= 4 is 27.6 Å². The number of aryl methyl sites for hydroxylation is 1. The number of nitrogens with two attached hydrogens (primary N) is 1. The number of nitrogens with one attached hydrogen (secondary N) is 1. The summed E-state index contributed by atoms with van der Waals surface area (Å²) in [6.45, 7) is 1.92. The van der Waals surface area contributed by atoms with Crippen molar-refractivity contribution in [2.24, 2.45) is 5.84 Å². The normalized spacial score (nSPS) is 10.2. The highest BCUT2D eigenvalue weighted by molar-refractivity contribution is 9.10. The second-order valence-corrected chi connectivity index (χ2v) is 4.86. The van der Waals surface area contributed by atoms with E-state index >= 15 is 0 Å². The van der Waals surface area contributed by atoms with Gasteiger partial charge in [-0.15, -0.1) is 0 Å². The molecule has 0 aliphatic carbocycles. The predicted molar refractivity (Wildman–Crippen MR) is 80.1 cm³/mol. The summed E-state index contributed by atoms with van der Waals surface area (Å²) in [6.07, 6.45) is 2.13. The number of nitro groups is 1. The van der Waals surface area contributed by atoms with E-state index in [1.807, 2.05) is 6.92 Å². The van der Waals surface area contributed by atoms with Crippen LogP contribution in [-0.2, 0) is 6.42 Å². The Morgan fingerprint density at radius 1 is 1.52 bits per heavy atom. The van der Waals surface area contributed by atoms with E-state index in [1.165, 1.54) is 12.3 Å². The van der Waals surface area contributed by atoms with Gasteiger partial charge in [-0.1, -0.05) is 13.0 Å². The van der Waals surface area contributed by atoms with E-state index in [2.05, 4.69) is 31.3 Å². The molecule has 2 aromatic rings. The van der Waals surface area contributed by atoms with Crippen LogP contribution >= 0.6 is 15.9 Å². The fourth-order valence-corrected chi connectivity index (χ4v) is 1.88. The fraction of sp³-hybridized carbons (Fsp3) is 0.167. The Bertz CT molecular complexity index is 680. The molecule has 8 nitrogen and oxygen atoms in total. The second kappa shape index (κ2) is 6.46. The Kier molecular flexibility index (Phi) is 4.66. The number of anilines is 1. The minimum Gasteiger partial charge on any atom is -0.430 e. The van der Waals surface area contributed by atoms with E-state index in [4.69, 9.17) is 10.6 Å². The number of hydrogen-bond donors (Lipinski definition) is 2. The van der Waals surface area contributed by atoms with Crippen molar-refractivity contribution in [3.05, 3.63) is 44.5 Å². The zero-order chi connectivity index (χ0) is 15.4. The molecule has 1 aromatic heterocycles. The second-order valence-electron chi connectivity index (χ2n) is 4.01. The molecule has 21 heavy (non-hydrogen) atoms. The van der Waals surface area contributed by atoms with Crippen LogP contribution in [0.25, 0.3) is 0 Å². The highest BCUT2D eigenvalue weighted by Gasteiger charge is 2.18. The maximum absolute atomic E-state index is 11.1. The smallest absolute Gasteiger partial charge is 0.311 e. The zero-order valence-corrected chi connectivity index (χ0v) is 12.6. The molecule has 3 N–H and O–H groups in total. The molecule has 0 aliphatic heterocycles. The summed E-state index contributed by atoms with van der Waals surface area (Å²) in [6, 6.07) is 4.78. The maximum Gasteiger partial charge on any atom is 0.311 e. The summed E-state index contributed by atoms with van der Waals surface area (Å²) in [7, 11) is 0. The summed E-state index contributed by atoms with van der Waals surface area (Å²) < 4.78 is 5.96. The minimum absolute atomic E-state index is 0.0968. The number of ether oxygens (including phenoxy) is 1. The monoisotopic (exact) mass is 353 g/mol. The van der Waals surface area contributed by atoms with Crippen LogP contribution in [0.2, 0.25) is 0 Å². The molecule has 0 saturated carbocycles. The lowest BCUT2D eigenvalue weighted by Crippen LogP contribution is -2.10. The highest BCUT2D eigenvalue weighted by Crippen LogP contribution is 2.34. The first-order valence-corrected chi connectivity index (χ1v) is 6.78. The number of hydrogen-bond acceptors (Lipinski definition) is 7. The van der Waals surface area contributed by atoms with E-state index in [0.717, 1.165) is 5.56 Å². The van der Waals surface area contributed by atoms with Crippen molar-refractivity contribution in [1.82, 2.24) is 9.97 Å². The van der Waals surface area contributed by atoms with Crippen molar-refractivity contribution in [2.45, 2.75) is 13.3 Å². The van der Waals surface area contributed by atoms with Gasteiger partial charge in [0.25, 0.3) is 0 Å². The molecule has 0 aliphatic rings. The third-order valence-corrected chi connectivity index (χ3v) is 3.22. The van der Waals surface area contributed by atoms with Crippen molar-refractivity contribution < 1.29 is 9.66 Å². The van der Waals surface area contributed by atoms with Gasteiger partial charge in [0.1, 0.15) is 0 Å². The van der Waals surface area contributed by atoms with Gasteiger partial charge in [-0.3, -0.25) is 15.5 Å². The van der Waals surface area contributed by atoms with Crippen LogP contribution in [0.4, 0.5) is 11.6 Å². The Balaban J connectivity index is 2.41. The molecule has 0 amide bonds. The van der Waals surface area contributed by atoms with Gasteiger partial charge in [0.05, 0.1) is 15.6 Å². The molecule has 0 spiro atoms. The molecular weight excluding hydrogens is 342 g/mol. The first-order valence-electron chi connectivity index (χ1n) is 5.99. The quantitative estimate of drug-likeness (QED) is 0.482. The Morgan fingerprint density at radius 3 is 2.90 bits per heavy atom. The summed E-state index contributed by atoms with van der Waals surface area (Å²) >= 11 is 3.22. The van der Waals surface area contributed by atoms with Crippen LogP contribution in [0.15, 0.2) is 28.9 Å². The maximum atomic E-state index is 11.1. The number of hydrazine groups is 1. The molecule has 0 unspecified atom stereocenters.